The summed E-state index contributed by atoms with van der Waals surface area (Å²) >= 11 is 0. The first-order valence-electron chi connectivity index (χ1n) is 11.0. The van der Waals surface area contributed by atoms with Crippen molar-refractivity contribution in [3.05, 3.63) is 47.3 Å². The van der Waals surface area contributed by atoms with E-state index in [0.29, 0.717) is 12.5 Å². The highest BCUT2D eigenvalue weighted by molar-refractivity contribution is 5.79. The van der Waals surface area contributed by atoms with E-state index in [0.717, 1.165) is 42.6 Å². The van der Waals surface area contributed by atoms with E-state index in [4.69, 9.17) is 4.74 Å². The fourth-order valence-electron chi connectivity index (χ4n) is 4.38. The van der Waals surface area contributed by atoms with Crippen LogP contribution >= 0.6 is 0 Å². The monoisotopic (exact) mass is 411 g/mol. The topological polar surface area (TPSA) is 63.5 Å². The zero-order valence-corrected chi connectivity index (χ0v) is 19.3. The summed E-state index contributed by atoms with van der Waals surface area (Å²) in [5.74, 6) is 1.30. The molecule has 6 nitrogen and oxygen atoms in total. The third-order valence-electron chi connectivity index (χ3n) is 5.73. The smallest absolute Gasteiger partial charge is 0.191 e. The van der Waals surface area contributed by atoms with E-state index in [2.05, 4.69) is 78.8 Å². The van der Waals surface area contributed by atoms with Gasteiger partial charge in [-0.1, -0.05) is 39.0 Å². The van der Waals surface area contributed by atoms with Crippen LogP contribution < -0.4 is 10.6 Å². The molecule has 0 spiro atoms. The number of hydrogen-bond acceptors (Lipinski definition) is 3. The lowest BCUT2D eigenvalue weighted by atomic mass is 9.78. The maximum atomic E-state index is 6.12. The predicted molar refractivity (Wildman–Crippen MR) is 123 cm³/mol. The molecule has 6 heteroatoms. The van der Waals surface area contributed by atoms with Gasteiger partial charge in [-0.2, -0.15) is 5.10 Å². The fourth-order valence-corrected chi connectivity index (χ4v) is 4.38. The zero-order chi connectivity index (χ0) is 21.7. The molecule has 30 heavy (non-hydrogen) atoms. The third-order valence-corrected chi connectivity index (χ3v) is 5.73. The zero-order valence-electron chi connectivity index (χ0n) is 19.3. The van der Waals surface area contributed by atoms with Gasteiger partial charge in [-0.05, 0) is 49.8 Å². The van der Waals surface area contributed by atoms with Gasteiger partial charge in [0.1, 0.15) is 0 Å². The number of nitrogens with one attached hydrogen (secondary N) is 2. The van der Waals surface area contributed by atoms with Crippen LogP contribution in [0.3, 0.4) is 0 Å². The molecule has 0 bridgehead atoms. The summed E-state index contributed by atoms with van der Waals surface area (Å²) < 4.78 is 8.13. The Kier molecular flexibility index (Phi) is 7.19. The van der Waals surface area contributed by atoms with E-state index >= 15 is 0 Å². The fraction of sp³-hybridized carbons (Fsp3) is 0.583. The molecular formula is C24H37N5O. The molecule has 1 saturated heterocycles. The lowest BCUT2D eigenvalue weighted by Gasteiger charge is -2.40. The molecule has 0 amide bonds. The normalized spacial score (nSPS) is 20.3. The maximum absolute atomic E-state index is 6.12. The van der Waals surface area contributed by atoms with E-state index < -0.39 is 0 Å². The molecule has 0 radical (unpaired) electrons. The van der Waals surface area contributed by atoms with Crippen LogP contribution in [0.2, 0.25) is 0 Å². The minimum atomic E-state index is 0.141. The van der Waals surface area contributed by atoms with Gasteiger partial charge in [0, 0.05) is 38.4 Å². The quantitative estimate of drug-likeness (QED) is 0.577. The van der Waals surface area contributed by atoms with E-state index in [1.165, 1.54) is 12.0 Å². The molecule has 3 rings (SSSR count). The minimum absolute atomic E-state index is 0.141. The van der Waals surface area contributed by atoms with Crippen LogP contribution in [0.15, 0.2) is 35.3 Å². The van der Waals surface area contributed by atoms with Crippen molar-refractivity contribution in [2.45, 2.75) is 60.1 Å². The van der Waals surface area contributed by atoms with Gasteiger partial charge in [0.05, 0.1) is 17.5 Å². The first kappa shape index (κ1) is 22.3. The van der Waals surface area contributed by atoms with Crippen molar-refractivity contribution in [3.63, 3.8) is 0 Å². The standard InChI is InChI=1S/C24H37N5O/c1-17-14-18(2)29(28-17)21-12-8-7-10-19(21)15-26-23(25-6)27-16-20-11-9-13-30-22(20)24(3,4)5/h7-8,10,12,14,20,22H,9,11,13,15-16H2,1-6H3,(H2,25,26,27). The number of ether oxygens (including phenoxy) is 1. The molecule has 1 aliphatic heterocycles. The summed E-state index contributed by atoms with van der Waals surface area (Å²) in [7, 11) is 1.82. The Morgan fingerprint density at radius 2 is 2.00 bits per heavy atom. The van der Waals surface area contributed by atoms with Gasteiger partial charge in [0.2, 0.25) is 0 Å². The number of aliphatic imine (C=N–C) groups is 1. The average molecular weight is 412 g/mol. The Labute approximate surface area is 181 Å². The van der Waals surface area contributed by atoms with Gasteiger partial charge in [0.25, 0.3) is 0 Å². The molecular weight excluding hydrogens is 374 g/mol. The average Bonchev–Trinajstić information content (AvgIpc) is 3.05. The van der Waals surface area contributed by atoms with E-state index in [1.54, 1.807) is 0 Å². The minimum Gasteiger partial charge on any atom is -0.377 e. The maximum Gasteiger partial charge on any atom is 0.191 e. The SMILES string of the molecule is CN=C(NCc1ccccc1-n1nc(C)cc1C)NCC1CCCOC1C(C)(C)C. The largest absolute Gasteiger partial charge is 0.377 e. The van der Waals surface area contributed by atoms with E-state index in [9.17, 15) is 0 Å². The van der Waals surface area contributed by atoms with Crippen molar-refractivity contribution in [1.29, 1.82) is 0 Å². The summed E-state index contributed by atoms with van der Waals surface area (Å²) in [5.41, 5.74) is 4.58. The Balaban J connectivity index is 1.63. The Bertz CT molecular complexity index is 865. The van der Waals surface area contributed by atoms with Gasteiger partial charge in [-0.25, -0.2) is 4.68 Å². The first-order valence-corrected chi connectivity index (χ1v) is 11.0. The molecule has 2 unspecified atom stereocenters. The highest BCUT2D eigenvalue weighted by atomic mass is 16.5. The highest BCUT2D eigenvalue weighted by Crippen LogP contribution is 2.33. The van der Waals surface area contributed by atoms with Gasteiger partial charge in [-0.15, -0.1) is 0 Å². The Hall–Kier alpha value is -2.34. The van der Waals surface area contributed by atoms with Crippen molar-refractivity contribution in [1.82, 2.24) is 20.4 Å². The van der Waals surface area contributed by atoms with Crippen LogP contribution in [0, 0.1) is 25.2 Å². The number of aryl methyl sites for hydroxylation is 2. The van der Waals surface area contributed by atoms with Crippen molar-refractivity contribution in [3.8, 4) is 5.69 Å². The molecule has 2 aromatic rings. The molecule has 1 fully saturated rings. The number of rotatable bonds is 5. The number of para-hydroxylation sites is 1. The van der Waals surface area contributed by atoms with Gasteiger partial charge in [-0.3, -0.25) is 4.99 Å². The molecule has 164 valence electrons. The summed E-state index contributed by atoms with van der Waals surface area (Å²) in [5, 5.41) is 11.6. The molecule has 1 aromatic heterocycles. The summed E-state index contributed by atoms with van der Waals surface area (Å²) in [6.07, 6.45) is 2.58. The molecule has 1 aromatic carbocycles. The molecule has 0 saturated carbocycles. The first-order chi connectivity index (χ1) is 14.3. The number of aromatic nitrogens is 2. The lowest BCUT2D eigenvalue weighted by molar-refractivity contribution is -0.0835. The molecule has 2 N–H and O–H groups in total. The van der Waals surface area contributed by atoms with Crippen LogP contribution in [0.4, 0.5) is 0 Å². The number of nitrogens with zero attached hydrogens (tertiary/aromatic N) is 3. The van der Waals surface area contributed by atoms with Crippen molar-refractivity contribution in [2.75, 3.05) is 20.2 Å². The number of benzene rings is 1. The highest BCUT2D eigenvalue weighted by Gasteiger charge is 2.35. The third kappa shape index (κ3) is 5.42. The molecule has 0 aliphatic carbocycles. The Morgan fingerprint density at radius 3 is 2.67 bits per heavy atom. The van der Waals surface area contributed by atoms with Crippen molar-refractivity contribution in [2.24, 2.45) is 16.3 Å². The van der Waals surface area contributed by atoms with Gasteiger partial charge in [0.15, 0.2) is 5.96 Å². The van der Waals surface area contributed by atoms with E-state index in [-0.39, 0.29) is 11.5 Å². The molecule has 1 aliphatic rings. The van der Waals surface area contributed by atoms with Crippen LogP contribution in [-0.2, 0) is 11.3 Å². The lowest BCUT2D eigenvalue weighted by Crippen LogP contribution is -2.47. The predicted octanol–water partition coefficient (Wildman–Crippen LogP) is 4.00. The van der Waals surface area contributed by atoms with Crippen molar-refractivity contribution >= 4 is 5.96 Å². The number of hydrogen-bond donors (Lipinski definition) is 2. The second-order valence-corrected chi connectivity index (χ2v) is 9.33. The van der Waals surface area contributed by atoms with Crippen LogP contribution in [0.25, 0.3) is 5.69 Å². The van der Waals surface area contributed by atoms with Gasteiger partial charge >= 0.3 is 0 Å². The number of guanidine groups is 1. The van der Waals surface area contributed by atoms with Crippen molar-refractivity contribution < 1.29 is 4.74 Å². The summed E-state index contributed by atoms with van der Waals surface area (Å²) in [6, 6.07) is 10.5. The molecule has 2 heterocycles. The Morgan fingerprint density at radius 1 is 1.23 bits per heavy atom. The summed E-state index contributed by atoms with van der Waals surface area (Å²) in [6.45, 7) is 13.3. The van der Waals surface area contributed by atoms with Crippen LogP contribution in [0.5, 0.6) is 0 Å². The summed E-state index contributed by atoms with van der Waals surface area (Å²) in [4.78, 5) is 4.43. The second kappa shape index (κ2) is 9.65. The van der Waals surface area contributed by atoms with Crippen LogP contribution in [0.1, 0.15) is 50.6 Å². The molecule has 2 atom stereocenters. The van der Waals surface area contributed by atoms with Crippen LogP contribution in [-0.4, -0.2) is 42.0 Å². The second-order valence-electron chi connectivity index (χ2n) is 9.33. The van der Waals surface area contributed by atoms with E-state index in [1.807, 2.05) is 18.7 Å². The van der Waals surface area contributed by atoms with Gasteiger partial charge < -0.3 is 15.4 Å².